The van der Waals surface area contributed by atoms with Crippen LogP contribution < -0.4 is 10.6 Å². The molecule has 2 amide bonds. The predicted molar refractivity (Wildman–Crippen MR) is 134 cm³/mol. The van der Waals surface area contributed by atoms with Crippen LogP contribution in [0.1, 0.15) is 44.7 Å². The SMILES string of the molecule is CN(C)CC(NC(=O)C(C)(C)C(C)(C)NC(=O)OCC1c2ccccc2-c2ccccc21)C(=O)O. The topological polar surface area (TPSA) is 108 Å². The molecule has 0 heterocycles. The number of carbonyl (C=O) groups is 3. The van der Waals surface area contributed by atoms with Gasteiger partial charge in [0.2, 0.25) is 5.91 Å². The molecule has 188 valence electrons. The highest BCUT2D eigenvalue weighted by atomic mass is 16.5. The molecule has 0 aliphatic heterocycles. The second-order valence-corrected chi connectivity index (χ2v) is 10.3. The Hall–Kier alpha value is -3.39. The summed E-state index contributed by atoms with van der Waals surface area (Å²) < 4.78 is 5.64. The van der Waals surface area contributed by atoms with Gasteiger partial charge < -0.3 is 25.4 Å². The van der Waals surface area contributed by atoms with Crippen LogP contribution in [0.25, 0.3) is 11.1 Å². The fraction of sp³-hybridized carbons (Fsp3) is 0.444. The molecular weight excluding hydrogens is 446 g/mol. The highest BCUT2D eigenvalue weighted by Crippen LogP contribution is 2.44. The molecule has 1 aliphatic rings. The zero-order valence-electron chi connectivity index (χ0n) is 21.2. The maximum Gasteiger partial charge on any atom is 0.407 e. The van der Waals surface area contributed by atoms with E-state index in [2.05, 4.69) is 22.8 Å². The van der Waals surface area contributed by atoms with E-state index in [0.717, 1.165) is 22.3 Å². The Morgan fingerprint density at radius 3 is 1.97 bits per heavy atom. The molecule has 0 spiro atoms. The van der Waals surface area contributed by atoms with Crippen molar-refractivity contribution in [1.29, 1.82) is 0 Å². The van der Waals surface area contributed by atoms with Crippen LogP contribution >= 0.6 is 0 Å². The van der Waals surface area contributed by atoms with Gasteiger partial charge >= 0.3 is 12.1 Å². The predicted octanol–water partition coefficient (Wildman–Crippen LogP) is 3.46. The van der Waals surface area contributed by atoms with Gasteiger partial charge in [-0.25, -0.2) is 9.59 Å². The van der Waals surface area contributed by atoms with Crippen molar-refractivity contribution in [3.05, 3.63) is 59.7 Å². The normalized spacial score (nSPS) is 14.1. The van der Waals surface area contributed by atoms with Crippen molar-refractivity contribution in [3.8, 4) is 11.1 Å². The number of nitrogens with one attached hydrogen (secondary N) is 2. The first-order chi connectivity index (χ1) is 16.3. The number of fused-ring (bicyclic) bond motifs is 3. The molecule has 2 aromatic rings. The van der Waals surface area contributed by atoms with E-state index in [1.54, 1.807) is 46.7 Å². The Kier molecular flexibility index (Phi) is 7.55. The van der Waals surface area contributed by atoms with Crippen molar-refractivity contribution in [1.82, 2.24) is 15.5 Å². The summed E-state index contributed by atoms with van der Waals surface area (Å²) in [6, 6.07) is 15.1. The third-order valence-corrected chi connectivity index (χ3v) is 7.04. The summed E-state index contributed by atoms with van der Waals surface area (Å²) in [5, 5.41) is 14.9. The molecule has 0 radical (unpaired) electrons. The Bertz CT molecular complexity index is 1060. The number of aliphatic carboxylic acids is 1. The largest absolute Gasteiger partial charge is 0.480 e. The van der Waals surface area contributed by atoms with Crippen LogP contribution in [0.2, 0.25) is 0 Å². The van der Waals surface area contributed by atoms with E-state index in [0.29, 0.717) is 0 Å². The van der Waals surface area contributed by atoms with Crippen LogP contribution in [0.4, 0.5) is 4.79 Å². The number of hydrogen-bond donors (Lipinski definition) is 3. The zero-order valence-corrected chi connectivity index (χ0v) is 21.2. The second-order valence-electron chi connectivity index (χ2n) is 10.3. The maximum absolute atomic E-state index is 13.0. The number of carboxylic acid groups (broad SMARTS) is 1. The van der Waals surface area contributed by atoms with Crippen LogP contribution in [0.3, 0.4) is 0 Å². The van der Waals surface area contributed by atoms with Crippen LogP contribution in [0.15, 0.2) is 48.5 Å². The van der Waals surface area contributed by atoms with E-state index in [1.165, 1.54) is 0 Å². The lowest BCUT2D eigenvalue weighted by Gasteiger charge is -2.41. The summed E-state index contributed by atoms with van der Waals surface area (Å²) >= 11 is 0. The molecule has 1 atom stereocenters. The quantitative estimate of drug-likeness (QED) is 0.506. The Labute approximate surface area is 206 Å². The molecular formula is C27H35N3O5. The molecule has 2 aromatic carbocycles. The van der Waals surface area contributed by atoms with Crippen LogP contribution in [-0.4, -0.2) is 66.8 Å². The molecule has 3 rings (SSSR count). The second kappa shape index (κ2) is 10.1. The maximum atomic E-state index is 13.0. The van der Waals surface area contributed by atoms with Crippen molar-refractivity contribution < 1.29 is 24.2 Å². The van der Waals surface area contributed by atoms with E-state index >= 15 is 0 Å². The van der Waals surface area contributed by atoms with Gasteiger partial charge in [-0.15, -0.1) is 0 Å². The molecule has 8 nitrogen and oxygen atoms in total. The number of hydrogen-bond acceptors (Lipinski definition) is 5. The zero-order chi connectivity index (χ0) is 26.0. The molecule has 8 heteroatoms. The number of benzene rings is 2. The number of ether oxygens (including phenoxy) is 1. The summed E-state index contributed by atoms with van der Waals surface area (Å²) in [4.78, 5) is 39.1. The minimum Gasteiger partial charge on any atom is -0.480 e. The van der Waals surface area contributed by atoms with E-state index in [4.69, 9.17) is 4.74 Å². The average molecular weight is 482 g/mol. The van der Waals surface area contributed by atoms with Crippen molar-refractivity contribution in [3.63, 3.8) is 0 Å². The van der Waals surface area contributed by atoms with Crippen molar-refractivity contribution in [2.24, 2.45) is 5.41 Å². The Morgan fingerprint density at radius 2 is 1.49 bits per heavy atom. The van der Waals surface area contributed by atoms with E-state index in [1.807, 2.05) is 36.4 Å². The van der Waals surface area contributed by atoms with E-state index in [-0.39, 0.29) is 19.1 Å². The molecule has 0 fully saturated rings. The fourth-order valence-electron chi connectivity index (χ4n) is 4.22. The van der Waals surface area contributed by atoms with Crippen molar-refractivity contribution >= 4 is 18.0 Å². The third kappa shape index (κ3) is 5.48. The summed E-state index contributed by atoms with van der Waals surface area (Å²) in [7, 11) is 3.46. The first kappa shape index (κ1) is 26.2. The number of likely N-dealkylation sites (N-methyl/N-ethyl adjacent to an activating group) is 1. The Morgan fingerprint density at radius 1 is 0.971 bits per heavy atom. The molecule has 35 heavy (non-hydrogen) atoms. The van der Waals surface area contributed by atoms with Crippen LogP contribution in [-0.2, 0) is 14.3 Å². The first-order valence-electron chi connectivity index (χ1n) is 11.7. The first-order valence-corrected chi connectivity index (χ1v) is 11.7. The fourth-order valence-corrected chi connectivity index (χ4v) is 4.22. The number of rotatable bonds is 9. The minimum atomic E-state index is -1.13. The van der Waals surface area contributed by atoms with Crippen LogP contribution in [0, 0.1) is 5.41 Å². The lowest BCUT2D eigenvalue weighted by atomic mass is 9.73. The lowest BCUT2D eigenvalue weighted by Crippen LogP contribution is -2.62. The van der Waals surface area contributed by atoms with Gasteiger partial charge in [0.15, 0.2) is 0 Å². The molecule has 3 N–H and O–H groups in total. The summed E-state index contributed by atoms with van der Waals surface area (Å²) in [6.45, 7) is 7.08. The number of carboxylic acids is 1. The van der Waals surface area contributed by atoms with Crippen molar-refractivity contribution in [2.45, 2.75) is 45.2 Å². The number of amides is 2. The molecule has 0 aromatic heterocycles. The lowest BCUT2D eigenvalue weighted by molar-refractivity contribution is -0.145. The van der Waals surface area contributed by atoms with Gasteiger partial charge in [0.25, 0.3) is 0 Å². The monoisotopic (exact) mass is 481 g/mol. The van der Waals surface area contributed by atoms with E-state index < -0.39 is 35.0 Å². The van der Waals surface area contributed by atoms with Gasteiger partial charge in [-0.2, -0.15) is 0 Å². The Balaban J connectivity index is 1.67. The summed E-state index contributed by atoms with van der Waals surface area (Å²) in [5.74, 6) is -1.67. The van der Waals surface area contributed by atoms with Crippen LogP contribution in [0.5, 0.6) is 0 Å². The highest BCUT2D eigenvalue weighted by molar-refractivity contribution is 5.88. The summed E-state index contributed by atoms with van der Waals surface area (Å²) in [6.07, 6.45) is -0.638. The number of carbonyl (C=O) groups excluding carboxylic acids is 2. The molecule has 0 saturated carbocycles. The van der Waals surface area contributed by atoms with Gasteiger partial charge in [-0.05, 0) is 64.0 Å². The smallest absolute Gasteiger partial charge is 0.407 e. The third-order valence-electron chi connectivity index (χ3n) is 7.04. The number of alkyl carbamates (subject to hydrolysis) is 1. The molecule has 0 bridgehead atoms. The minimum absolute atomic E-state index is 0.0741. The highest BCUT2D eigenvalue weighted by Gasteiger charge is 2.45. The molecule has 1 unspecified atom stereocenters. The standard InChI is InChI=1S/C27H35N3O5/c1-26(2,24(33)28-22(23(31)32)15-30(5)6)27(3,4)29-25(34)35-16-21-19-13-9-7-11-17(19)18-12-8-10-14-20(18)21/h7-14,21-22H,15-16H2,1-6H3,(H,28,33)(H,29,34)(H,31,32). The molecule has 1 aliphatic carbocycles. The van der Waals surface area contributed by atoms with Gasteiger partial charge in [0.1, 0.15) is 12.6 Å². The number of nitrogens with zero attached hydrogens (tertiary/aromatic N) is 1. The van der Waals surface area contributed by atoms with Gasteiger partial charge in [-0.1, -0.05) is 48.5 Å². The van der Waals surface area contributed by atoms with E-state index in [9.17, 15) is 19.5 Å². The van der Waals surface area contributed by atoms with Gasteiger partial charge in [0.05, 0.1) is 11.0 Å². The van der Waals surface area contributed by atoms with Crippen molar-refractivity contribution in [2.75, 3.05) is 27.2 Å². The van der Waals surface area contributed by atoms with Gasteiger partial charge in [-0.3, -0.25) is 4.79 Å². The average Bonchev–Trinajstić information content (AvgIpc) is 3.10. The summed E-state index contributed by atoms with van der Waals surface area (Å²) in [5.41, 5.74) is 2.35. The molecule has 0 saturated heterocycles. The van der Waals surface area contributed by atoms with Gasteiger partial charge in [0, 0.05) is 12.5 Å².